The number of rotatable bonds is 5. The Kier molecular flexibility index (Phi) is 4.47. The molecule has 8 heteroatoms. The van der Waals surface area contributed by atoms with E-state index >= 15 is 0 Å². The summed E-state index contributed by atoms with van der Waals surface area (Å²) in [6.45, 7) is 7.85. The summed E-state index contributed by atoms with van der Waals surface area (Å²) in [5.41, 5.74) is 1.31. The van der Waals surface area contributed by atoms with Gasteiger partial charge in [0.05, 0.1) is 10.8 Å². The first kappa shape index (κ1) is 18.3. The average Bonchev–Trinajstić information content (AvgIpc) is 2.94. The van der Waals surface area contributed by atoms with Crippen LogP contribution in [0.2, 0.25) is 0 Å². The molecule has 1 heterocycles. The normalized spacial score (nSPS) is 21.1. The number of hydrogen-bond donors (Lipinski definition) is 1. The van der Waals surface area contributed by atoms with Crippen LogP contribution in [0.4, 0.5) is 0 Å². The molecule has 138 valence electrons. The Balaban J connectivity index is 1.81. The summed E-state index contributed by atoms with van der Waals surface area (Å²) in [6.07, 6.45) is 3.18. The van der Waals surface area contributed by atoms with E-state index in [0.717, 1.165) is 12.0 Å². The molecule has 0 saturated heterocycles. The lowest BCUT2D eigenvalue weighted by atomic mass is 10.1. The smallest absolute Gasteiger partial charge is 0.264 e. The lowest BCUT2D eigenvalue weighted by molar-refractivity contribution is -0.121. The molecule has 2 aromatic rings. The molecule has 1 saturated carbocycles. The molecule has 0 radical (unpaired) electrons. The summed E-state index contributed by atoms with van der Waals surface area (Å²) in [5, 5.41) is 7.34. The summed E-state index contributed by atoms with van der Waals surface area (Å²) in [6, 6.07) is 6.03. The molecule has 0 spiro atoms. The molecule has 1 amide bonds. The Morgan fingerprint density at radius 1 is 1.31 bits per heavy atom. The molecule has 0 bridgehead atoms. The molecule has 2 unspecified atom stereocenters. The number of carbonyl (C=O) groups excluding carboxylic acids is 1. The van der Waals surface area contributed by atoms with Crippen molar-refractivity contribution in [3.05, 3.63) is 42.3 Å². The minimum atomic E-state index is -3.99. The van der Waals surface area contributed by atoms with Crippen molar-refractivity contribution in [1.82, 2.24) is 14.9 Å². The zero-order valence-corrected chi connectivity index (χ0v) is 15.9. The third-order valence-electron chi connectivity index (χ3n) is 4.69. The minimum absolute atomic E-state index is 0.0289. The second-order valence-electron chi connectivity index (χ2n) is 7.31. The zero-order valence-electron chi connectivity index (χ0n) is 15.1. The second-order valence-corrected chi connectivity index (χ2v) is 8.99. The van der Waals surface area contributed by atoms with Gasteiger partial charge < -0.3 is 4.42 Å². The number of aromatic nitrogens is 2. The van der Waals surface area contributed by atoms with Gasteiger partial charge >= 0.3 is 0 Å². The van der Waals surface area contributed by atoms with Gasteiger partial charge in [-0.2, -0.15) is 0 Å². The summed E-state index contributed by atoms with van der Waals surface area (Å²) in [7, 11) is -3.99. The van der Waals surface area contributed by atoms with Crippen molar-refractivity contribution in [2.45, 2.75) is 32.6 Å². The van der Waals surface area contributed by atoms with E-state index in [2.05, 4.69) is 14.9 Å². The van der Waals surface area contributed by atoms with E-state index in [1.807, 2.05) is 33.8 Å². The predicted octanol–water partition coefficient (Wildman–Crippen LogP) is 2.78. The van der Waals surface area contributed by atoms with E-state index in [1.165, 1.54) is 12.1 Å². The first-order chi connectivity index (χ1) is 12.1. The number of amides is 1. The highest BCUT2D eigenvalue weighted by Crippen LogP contribution is 2.59. The second kappa shape index (κ2) is 6.35. The fraction of sp³-hybridized carbons (Fsp3) is 0.389. The van der Waals surface area contributed by atoms with Crippen LogP contribution in [0.5, 0.6) is 0 Å². The molecule has 1 aliphatic carbocycles. The van der Waals surface area contributed by atoms with Gasteiger partial charge in [-0.25, -0.2) is 13.1 Å². The highest BCUT2D eigenvalue weighted by atomic mass is 32.2. The number of carbonyl (C=O) groups is 1. The summed E-state index contributed by atoms with van der Waals surface area (Å²) >= 11 is 0. The lowest BCUT2D eigenvalue weighted by Crippen LogP contribution is -2.33. The maximum absolute atomic E-state index is 12.6. The van der Waals surface area contributed by atoms with Crippen LogP contribution in [0.3, 0.4) is 0 Å². The SMILES string of the molecule is CC(C)=CC1C(C(=O)NS(=O)(=O)c2cccc(-c3nnco3)c2)C1(C)C. The van der Waals surface area contributed by atoms with E-state index in [1.54, 1.807) is 12.1 Å². The molecule has 2 atom stereocenters. The van der Waals surface area contributed by atoms with Gasteiger partial charge in [0, 0.05) is 5.56 Å². The summed E-state index contributed by atoms with van der Waals surface area (Å²) in [5.74, 6) is -0.611. The molecule has 1 aromatic heterocycles. The number of hydrogen-bond acceptors (Lipinski definition) is 6. The van der Waals surface area contributed by atoms with Gasteiger partial charge in [0.1, 0.15) is 0 Å². The van der Waals surface area contributed by atoms with Crippen LogP contribution in [0.15, 0.2) is 51.6 Å². The number of benzene rings is 1. The molecule has 1 aromatic carbocycles. The van der Waals surface area contributed by atoms with Crippen LogP contribution in [-0.2, 0) is 14.8 Å². The van der Waals surface area contributed by atoms with Gasteiger partial charge in [-0.1, -0.05) is 31.6 Å². The fourth-order valence-electron chi connectivity index (χ4n) is 3.20. The van der Waals surface area contributed by atoms with E-state index in [0.29, 0.717) is 5.56 Å². The number of sulfonamides is 1. The zero-order chi connectivity index (χ0) is 19.1. The van der Waals surface area contributed by atoms with Crippen molar-refractivity contribution in [1.29, 1.82) is 0 Å². The van der Waals surface area contributed by atoms with Crippen molar-refractivity contribution in [2.75, 3.05) is 0 Å². The Bertz CT molecular complexity index is 958. The van der Waals surface area contributed by atoms with Crippen molar-refractivity contribution < 1.29 is 17.6 Å². The molecule has 3 rings (SSSR count). The molecule has 26 heavy (non-hydrogen) atoms. The molecular weight excluding hydrogens is 354 g/mol. The Morgan fingerprint density at radius 2 is 2.04 bits per heavy atom. The first-order valence-corrected chi connectivity index (χ1v) is 9.69. The van der Waals surface area contributed by atoms with E-state index in [9.17, 15) is 13.2 Å². The monoisotopic (exact) mass is 375 g/mol. The summed E-state index contributed by atoms with van der Waals surface area (Å²) in [4.78, 5) is 12.5. The minimum Gasteiger partial charge on any atom is -0.423 e. The van der Waals surface area contributed by atoms with Crippen LogP contribution in [-0.4, -0.2) is 24.5 Å². The van der Waals surface area contributed by atoms with E-state index < -0.39 is 15.9 Å². The number of allylic oxidation sites excluding steroid dienone is 2. The van der Waals surface area contributed by atoms with Crippen molar-refractivity contribution in [3.63, 3.8) is 0 Å². The maximum Gasteiger partial charge on any atom is 0.264 e. The standard InChI is InChI=1S/C18H21N3O4S/c1-11(2)8-14-15(18(14,3)4)16(22)21-26(23,24)13-7-5-6-12(9-13)17-20-19-10-25-17/h5-10,14-15H,1-4H3,(H,21,22). The topological polar surface area (TPSA) is 102 Å². The van der Waals surface area contributed by atoms with Gasteiger partial charge in [-0.15, -0.1) is 10.2 Å². The maximum atomic E-state index is 12.6. The van der Waals surface area contributed by atoms with Gasteiger partial charge in [-0.05, 0) is 43.4 Å². The number of nitrogens with zero attached hydrogens (tertiary/aromatic N) is 2. The van der Waals surface area contributed by atoms with Crippen LogP contribution in [0, 0.1) is 17.3 Å². The molecule has 1 fully saturated rings. The Hall–Kier alpha value is -2.48. The van der Waals surface area contributed by atoms with Gasteiger partial charge in [0.25, 0.3) is 10.0 Å². The van der Waals surface area contributed by atoms with Crippen molar-refractivity contribution in [2.24, 2.45) is 17.3 Å². The highest BCUT2D eigenvalue weighted by molar-refractivity contribution is 7.90. The van der Waals surface area contributed by atoms with Crippen LogP contribution >= 0.6 is 0 Å². The van der Waals surface area contributed by atoms with E-state index in [-0.39, 0.29) is 28.0 Å². The van der Waals surface area contributed by atoms with Crippen LogP contribution < -0.4 is 4.72 Å². The Morgan fingerprint density at radius 3 is 2.65 bits per heavy atom. The molecular formula is C18H21N3O4S. The lowest BCUT2D eigenvalue weighted by Gasteiger charge is -2.08. The van der Waals surface area contributed by atoms with Gasteiger partial charge in [0.15, 0.2) is 0 Å². The molecule has 1 N–H and O–H groups in total. The molecule has 7 nitrogen and oxygen atoms in total. The van der Waals surface area contributed by atoms with Crippen LogP contribution in [0.25, 0.3) is 11.5 Å². The molecule has 1 aliphatic rings. The number of nitrogens with one attached hydrogen (secondary N) is 1. The Labute approximate surface area is 152 Å². The quantitative estimate of drug-likeness (QED) is 0.806. The van der Waals surface area contributed by atoms with Gasteiger partial charge in [-0.3, -0.25) is 4.79 Å². The highest BCUT2D eigenvalue weighted by Gasteiger charge is 2.60. The average molecular weight is 375 g/mol. The van der Waals surface area contributed by atoms with Crippen molar-refractivity contribution >= 4 is 15.9 Å². The first-order valence-electron chi connectivity index (χ1n) is 8.21. The summed E-state index contributed by atoms with van der Waals surface area (Å²) < 4.78 is 32.5. The van der Waals surface area contributed by atoms with Crippen molar-refractivity contribution in [3.8, 4) is 11.5 Å². The van der Waals surface area contributed by atoms with Crippen LogP contribution in [0.1, 0.15) is 27.7 Å². The fourth-order valence-corrected chi connectivity index (χ4v) is 4.25. The predicted molar refractivity (Wildman–Crippen MR) is 95.3 cm³/mol. The van der Waals surface area contributed by atoms with E-state index in [4.69, 9.17) is 4.42 Å². The van der Waals surface area contributed by atoms with Gasteiger partial charge in [0.2, 0.25) is 18.2 Å². The third-order valence-corrected chi connectivity index (χ3v) is 6.04. The molecule has 0 aliphatic heterocycles. The largest absolute Gasteiger partial charge is 0.423 e. The third kappa shape index (κ3) is 3.41.